The molecule has 2 amide bonds. The molecular formula is C12H13F3N2O3. The number of benzene rings is 1. The van der Waals surface area contributed by atoms with Crippen LogP contribution in [0.1, 0.15) is 13.8 Å². The average molecular weight is 290 g/mol. The molecule has 8 heteroatoms. The normalized spacial score (nSPS) is 10.5. The molecule has 0 fully saturated rings. The first-order valence-electron chi connectivity index (χ1n) is 5.66. The molecule has 0 radical (unpaired) electrons. The van der Waals surface area contributed by atoms with Crippen molar-refractivity contribution in [3.8, 4) is 0 Å². The van der Waals surface area contributed by atoms with Crippen molar-refractivity contribution < 1.29 is 27.9 Å². The summed E-state index contributed by atoms with van der Waals surface area (Å²) < 4.78 is 39.1. The Bertz CT molecular complexity index is 535. The van der Waals surface area contributed by atoms with E-state index in [-0.39, 0.29) is 0 Å². The Kier molecular flexibility index (Phi) is 4.95. The fourth-order valence-corrected chi connectivity index (χ4v) is 1.44. The number of hydrogen-bond acceptors (Lipinski definition) is 2. The summed E-state index contributed by atoms with van der Waals surface area (Å²) in [6.07, 6.45) is 0. The molecule has 1 aromatic rings. The maximum absolute atomic E-state index is 13.4. The molecule has 0 aromatic heterocycles. The second-order valence-electron chi connectivity index (χ2n) is 4.29. The molecule has 0 aliphatic heterocycles. The lowest BCUT2D eigenvalue weighted by Gasteiger charge is -2.25. The Morgan fingerprint density at radius 3 is 2.25 bits per heavy atom. The van der Waals surface area contributed by atoms with Gasteiger partial charge in [-0.2, -0.15) is 0 Å². The third kappa shape index (κ3) is 3.87. The van der Waals surface area contributed by atoms with E-state index in [4.69, 9.17) is 5.11 Å². The molecule has 0 spiro atoms. The third-order valence-electron chi connectivity index (χ3n) is 2.44. The molecule has 1 rings (SSSR count). The van der Waals surface area contributed by atoms with E-state index >= 15 is 0 Å². The van der Waals surface area contributed by atoms with E-state index in [1.165, 1.54) is 0 Å². The van der Waals surface area contributed by atoms with Gasteiger partial charge >= 0.3 is 12.0 Å². The highest BCUT2D eigenvalue weighted by Gasteiger charge is 2.21. The second-order valence-corrected chi connectivity index (χ2v) is 4.29. The zero-order chi connectivity index (χ0) is 15.4. The number of nitrogens with zero attached hydrogens (tertiary/aromatic N) is 1. The van der Waals surface area contributed by atoms with Crippen LogP contribution in [0.3, 0.4) is 0 Å². The Morgan fingerprint density at radius 2 is 1.75 bits per heavy atom. The number of anilines is 1. The minimum absolute atomic E-state index is 0.294. The molecule has 0 unspecified atom stereocenters. The lowest BCUT2D eigenvalue weighted by atomic mass is 10.2. The van der Waals surface area contributed by atoms with E-state index in [1.807, 2.05) is 5.32 Å². The van der Waals surface area contributed by atoms with Crippen molar-refractivity contribution in [2.24, 2.45) is 0 Å². The molecule has 0 aliphatic carbocycles. The van der Waals surface area contributed by atoms with Crippen molar-refractivity contribution in [2.45, 2.75) is 19.9 Å². The van der Waals surface area contributed by atoms with Gasteiger partial charge in [0.2, 0.25) is 0 Å². The number of aliphatic carboxylic acids is 1. The summed E-state index contributed by atoms with van der Waals surface area (Å²) in [6, 6.07) is -0.615. The predicted octanol–water partition coefficient (Wildman–Crippen LogP) is 2.43. The molecule has 0 aliphatic rings. The summed E-state index contributed by atoms with van der Waals surface area (Å²) in [5.41, 5.74) is -0.565. The van der Waals surface area contributed by atoms with Crippen molar-refractivity contribution >= 4 is 17.7 Å². The average Bonchev–Trinajstić information content (AvgIpc) is 2.32. The van der Waals surface area contributed by atoms with E-state index in [2.05, 4.69) is 0 Å². The molecule has 0 heterocycles. The van der Waals surface area contributed by atoms with Gasteiger partial charge in [-0.1, -0.05) is 0 Å². The number of nitrogens with one attached hydrogen (secondary N) is 1. The number of amides is 2. The standard InChI is InChI=1S/C12H13F3N2O3/c1-6(2)17(5-11(18)19)12(20)16-10-4-8(14)7(13)3-9(10)15/h3-4,6H,5H2,1-2H3,(H,16,20)(H,18,19). The van der Waals surface area contributed by atoms with E-state index in [9.17, 15) is 22.8 Å². The van der Waals surface area contributed by atoms with Crippen LogP contribution in [0, 0.1) is 17.5 Å². The first kappa shape index (κ1) is 15.8. The fourth-order valence-electron chi connectivity index (χ4n) is 1.44. The fraction of sp³-hybridized carbons (Fsp3) is 0.333. The number of carbonyl (C=O) groups is 2. The van der Waals surface area contributed by atoms with Crippen LogP contribution in [-0.2, 0) is 4.79 Å². The second kappa shape index (κ2) is 6.27. The smallest absolute Gasteiger partial charge is 0.323 e. The summed E-state index contributed by atoms with van der Waals surface area (Å²) >= 11 is 0. The summed E-state index contributed by atoms with van der Waals surface area (Å²) in [5.74, 6) is -5.11. The highest BCUT2D eigenvalue weighted by molar-refractivity contribution is 5.91. The molecule has 0 saturated heterocycles. The van der Waals surface area contributed by atoms with Crippen molar-refractivity contribution in [1.29, 1.82) is 0 Å². The molecule has 20 heavy (non-hydrogen) atoms. The van der Waals surface area contributed by atoms with Crippen LogP contribution < -0.4 is 5.32 Å². The van der Waals surface area contributed by atoms with Gasteiger partial charge in [0.25, 0.3) is 0 Å². The van der Waals surface area contributed by atoms with Crippen molar-refractivity contribution in [3.63, 3.8) is 0 Å². The summed E-state index contributed by atoms with van der Waals surface area (Å²) in [4.78, 5) is 23.3. The zero-order valence-electron chi connectivity index (χ0n) is 10.8. The van der Waals surface area contributed by atoms with E-state index in [0.717, 1.165) is 4.90 Å². The monoisotopic (exact) mass is 290 g/mol. The largest absolute Gasteiger partial charge is 0.480 e. The topological polar surface area (TPSA) is 69.6 Å². The molecule has 0 saturated carbocycles. The first-order valence-corrected chi connectivity index (χ1v) is 5.66. The minimum atomic E-state index is -1.38. The third-order valence-corrected chi connectivity index (χ3v) is 2.44. The van der Waals surface area contributed by atoms with Crippen molar-refractivity contribution in [1.82, 2.24) is 4.90 Å². The number of urea groups is 1. The van der Waals surface area contributed by atoms with Crippen LogP contribution in [0.25, 0.3) is 0 Å². The van der Waals surface area contributed by atoms with E-state index in [1.54, 1.807) is 13.8 Å². The molecule has 0 atom stereocenters. The van der Waals surface area contributed by atoms with Crippen molar-refractivity contribution in [3.05, 3.63) is 29.6 Å². The van der Waals surface area contributed by atoms with Gasteiger partial charge < -0.3 is 15.3 Å². The maximum atomic E-state index is 13.4. The number of rotatable bonds is 4. The SMILES string of the molecule is CC(C)N(CC(=O)O)C(=O)Nc1cc(F)c(F)cc1F. The zero-order valence-corrected chi connectivity index (χ0v) is 10.8. The Hall–Kier alpha value is -2.25. The number of hydrogen-bond donors (Lipinski definition) is 2. The van der Waals surface area contributed by atoms with Crippen LogP contribution in [0.2, 0.25) is 0 Å². The number of carboxylic acid groups (broad SMARTS) is 1. The number of halogens is 3. The van der Waals surface area contributed by atoms with E-state index in [0.29, 0.717) is 12.1 Å². The van der Waals surface area contributed by atoms with Gasteiger partial charge in [0, 0.05) is 18.2 Å². The predicted molar refractivity (Wildman–Crippen MR) is 64.8 cm³/mol. The quantitative estimate of drug-likeness (QED) is 0.837. The minimum Gasteiger partial charge on any atom is -0.480 e. The van der Waals surface area contributed by atoms with Crippen molar-refractivity contribution in [2.75, 3.05) is 11.9 Å². The molecule has 0 bridgehead atoms. The highest BCUT2D eigenvalue weighted by atomic mass is 19.2. The van der Waals surface area contributed by atoms with Gasteiger partial charge in [-0.25, -0.2) is 18.0 Å². The van der Waals surface area contributed by atoms with Crippen LogP contribution in [0.5, 0.6) is 0 Å². The number of carboxylic acids is 1. The molecule has 110 valence electrons. The van der Waals surface area contributed by atoms with Crippen LogP contribution in [0.15, 0.2) is 12.1 Å². The summed E-state index contributed by atoms with van der Waals surface area (Å²) in [7, 11) is 0. The van der Waals surface area contributed by atoms with Gasteiger partial charge in [0.15, 0.2) is 11.6 Å². The van der Waals surface area contributed by atoms with Gasteiger partial charge in [-0.15, -0.1) is 0 Å². The van der Waals surface area contributed by atoms with Crippen LogP contribution in [0.4, 0.5) is 23.7 Å². The van der Waals surface area contributed by atoms with E-state index < -0.39 is 47.7 Å². The highest BCUT2D eigenvalue weighted by Crippen LogP contribution is 2.19. The van der Waals surface area contributed by atoms with Gasteiger partial charge in [0.1, 0.15) is 12.4 Å². The van der Waals surface area contributed by atoms with Gasteiger partial charge in [-0.3, -0.25) is 4.79 Å². The maximum Gasteiger partial charge on any atom is 0.323 e. The molecule has 2 N–H and O–H groups in total. The van der Waals surface area contributed by atoms with Gasteiger partial charge in [0.05, 0.1) is 5.69 Å². The Morgan fingerprint density at radius 1 is 1.20 bits per heavy atom. The Labute approximate surface area is 113 Å². The summed E-state index contributed by atoms with van der Waals surface area (Å²) in [5, 5.41) is 10.7. The first-order chi connectivity index (χ1) is 9.22. The summed E-state index contributed by atoms with van der Waals surface area (Å²) in [6.45, 7) is 2.52. The molecule has 1 aromatic carbocycles. The van der Waals surface area contributed by atoms with Gasteiger partial charge in [-0.05, 0) is 13.8 Å². The lowest BCUT2D eigenvalue weighted by Crippen LogP contribution is -2.43. The lowest BCUT2D eigenvalue weighted by molar-refractivity contribution is -0.137. The Balaban J connectivity index is 2.93. The van der Waals surface area contributed by atoms with Crippen LogP contribution in [-0.4, -0.2) is 34.6 Å². The molecule has 5 nitrogen and oxygen atoms in total. The van der Waals surface area contributed by atoms with Crippen LogP contribution >= 0.6 is 0 Å². The number of carbonyl (C=O) groups excluding carboxylic acids is 1. The molecular weight excluding hydrogens is 277 g/mol.